The number of rotatable bonds is 5. The number of thioether (sulfide) groups is 1. The second-order valence-corrected chi connectivity index (χ2v) is 6.61. The van der Waals surface area contributed by atoms with E-state index in [1.807, 2.05) is 23.6 Å². The van der Waals surface area contributed by atoms with Gasteiger partial charge in [-0.2, -0.15) is 24.9 Å². The van der Waals surface area contributed by atoms with E-state index in [0.717, 1.165) is 24.5 Å². The molecule has 8 heteroatoms. The zero-order valence-corrected chi connectivity index (χ0v) is 13.4. The maximum atomic E-state index is 12.1. The predicted octanol–water partition coefficient (Wildman–Crippen LogP) is 2.41. The van der Waals surface area contributed by atoms with E-state index in [2.05, 4.69) is 5.32 Å². The summed E-state index contributed by atoms with van der Waals surface area (Å²) in [6, 6.07) is 0.108. The van der Waals surface area contributed by atoms with Crippen molar-refractivity contribution >= 4 is 17.8 Å². The van der Waals surface area contributed by atoms with Gasteiger partial charge in [-0.25, -0.2) is 4.79 Å². The highest BCUT2D eigenvalue weighted by Gasteiger charge is 2.28. The van der Waals surface area contributed by atoms with Crippen LogP contribution < -0.4 is 5.32 Å². The quantitative estimate of drug-likeness (QED) is 0.788. The lowest BCUT2D eigenvalue weighted by atomic mass is 10.2. The highest BCUT2D eigenvalue weighted by molar-refractivity contribution is 7.99. The van der Waals surface area contributed by atoms with Gasteiger partial charge in [0.2, 0.25) is 0 Å². The fourth-order valence-corrected chi connectivity index (χ4v) is 3.27. The Hall–Kier alpha value is -0.630. The molecule has 0 aromatic carbocycles. The summed E-state index contributed by atoms with van der Waals surface area (Å²) in [6.07, 6.45) is -2.68. The topological polar surface area (TPSA) is 35.6 Å². The highest BCUT2D eigenvalue weighted by Crippen LogP contribution is 2.16. The van der Waals surface area contributed by atoms with Crippen molar-refractivity contribution < 1.29 is 18.0 Å². The Balaban J connectivity index is 2.21. The monoisotopic (exact) mass is 327 g/mol. The number of hydrogen-bond acceptors (Lipinski definition) is 3. The van der Waals surface area contributed by atoms with Crippen molar-refractivity contribution in [2.75, 3.05) is 44.7 Å². The van der Waals surface area contributed by atoms with Crippen LogP contribution in [0, 0.1) is 0 Å². The molecule has 1 atom stereocenters. The summed E-state index contributed by atoms with van der Waals surface area (Å²) in [5.41, 5.74) is 0. The normalized spacial score (nSPS) is 20.5. The fraction of sp³-hybridized carbons (Fsp3) is 0.923. The molecule has 1 unspecified atom stereocenters. The Kier molecular flexibility index (Phi) is 7.65. The third kappa shape index (κ3) is 7.80. The first-order chi connectivity index (χ1) is 9.79. The third-order valence-electron chi connectivity index (χ3n) is 3.39. The van der Waals surface area contributed by atoms with Crippen LogP contribution in [0.1, 0.15) is 19.8 Å². The van der Waals surface area contributed by atoms with E-state index in [4.69, 9.17) is 0 Å². The molecule has 1 aliphatic heterocycles. The summed E-state index contributed by atoms with van der Waals surface area (Å²) >= 11 is 1.84. The van der Waals surface area contributed by atoms with Gasteiger partial charge in [-0.3, -0.25) is 4.90 Å². The molecular formula is C13H24F3N3OS. The minimum atomic E-state index is -4.17. The molecule has 124 valence electrons. The number of carbonyl (C=O) groups excluding carboxylic acids is 1. The molecule has 1 fully saturated rings. The first-order valence-electron chi connectivity index (χ1n) is 7.17. The molecule has 0 aliphatic carbocycles. The molecule has 0 bridgehead atoms. The van der Waals surface area contributed by atoms with E-state index in [9.17, 15) is 18.0 Å². The van der Waals surface area contributed by atoms with E-state index >= 15 is 0 Å². The maximum Gasteiger partial charge on any atom is 0.401 e. The van der Waals surface area contributed by atoms with Crippen LogP contribution in [-0.4, -0.2) is 72.8 Å². The van der Waals surface area contributed by atoms with Crippen molar-refractivity contribution in [3.8, 4) is 0 Å². The van der Waals surface area contributed by atoms with E-state index < -0.39 is 12.7 Å². The summed E-state index contributed by atoms with van der Waals surface area (Å²) in [5, 5.41) is 2.80. The van der Waals surface area contributed by atoms with Crippen molar-refractivity contribution in [1.29, 1.82) is 0 Å². The Bertz CT molecular complexity index is 328. The van der Waals surface area contributed by atoms with Crippen LogP contribution in [-0.2, 0) is 0 Å². The first-order valence-corrected chi connectivity index (χ1v) is 8.32. The van der Waals surface area contributed by atoms with Gasteiger partial charge in [0, 0.05) is 24.9 Å². The molecule has 1 rings (SSSR count). The van der Waals surface area contributed by atoms with Crippen molar-refractivity contribution in [2.45, 2.75) is 32.0 Å². The van der Waals surface area contributed by atoms with Crippen molar-refractivity contribution in [2.24, 2.45) is 0 Å². The molecule has 0 radical (unpaired) electrons. The lowest BCUT2D eigenvalue weighted by Crippen LogP contribution is -2.46. The molecule has 0 aromatic heterocycles. The first kappa shape index (κ1) is 18.4. The van der Waals surface area contributed by atoms with Gasteiger partial charge in [0.15, 0.2) is 0 Å². The van der Waals surface area contributed by atoms with E-state index in [-0.39, 0.29) is 12.1 Å². The fourth-order valence-electron chi connectivity index (χ4n) is 2.23. The molecule has 1 heterocycles. The van der Waals surface area contributed by atoms with Crippen LogP contribution in [0.15, 0.2) is 0 Å². The third-order valence-corrected chi connectivity index (χ3v) is 4.39. The lowest BCUT2D eigenvalue weighted by Gasteiger charge is -2.27. The van der Waals surface area contributed by atoms with Gasteiger partial charge in [0.05, 0.1) is 6.54 Å². The average Bonchev–Trinajstić information content (AvgIpc) is 2.57. The van der Waals surface area contributed by atoms with Crippen LogP contribution in [0.2, 0.25) is 0 Å². The summed E-state index contributed by atoms with van der Waals surface area (Å²) in [6.45, 7) is 2.55. The zero-order chi connectivity index (χ0) is 15.9. The van der Waals surface area contributed by atoms with Crippen LogP contribution in [0.5, 0.6) is 0 Å². The molecule has 0 saturated carbocycles. The van der Waals surface area contributed by atoms with E-state index in [1.165, 1.54) is 11.9 Å². The second kappa shape index (κ2) is 8.73. The van der Waals surface area contributed by atoms with Gasteiger partial charge in [-0.1, -0.05) is 0 Å². The number of halogens is 3. The standard InChI is InChI=1S/C13H24F3N3OS/c1-11-4-8-21-9-7-19(11)12(20)17-5-3-6-18(2)10-13(14,15)16/h11H,3-10H2,1-2H3,(H,17,20). The lowest BCUT2D eigenvalue weighted by molar-refractivity contribution is -0.143. The van der Waals surface area contributed by atoms with Gasteiger partial charge in [-0.05, 0) is 39.1 Å². The summed E-state index contributed by atoms with van der Waals surface area (Å²) in [5.74, 6) is 2.00. The molecular weight excluding hydrogens is 303 g/mol. The number of nitrogens with zero attached hydrogens (tertiary/aromatic N) is 2. The zero-order valence-electron chi connectivity index (χ0n) is 12.6. The number of carbonyl (C=O) groups is 1. The van der Waals surface area contributed by atoms with E-state index in [0.29, 0.717) is 19.5 Å². The van der Waals surface area contributed by atoms with Gasteiger partial charge in [-0.15, -0.1) is 0 Å². The molecule has 1 saturated heterocycles. The summed E-state index contributed by atoms with van der Waals surface area (Å²) < 4.78 is 36.4. The van der Waals surface area contributed by atoms with Gasteiger partial charge >= 0.3 is 12.2 Å². The summed E-state index contributed by atoms with van der Waals surface area (Å²) in [7, 11) is 1.43. The van der Waals surface area contributed by atoms with Crippen molar-refractivity contribution in [1.82, 2.24) is 15.1 Å². The Morgan fingerprint density at radius 1 is 1.43 bits per heavy atom. The van der Waals surface area contributed by atoms with Crippen LogP contribution in [0.4, 0.5) is 18.0 Å². The number of urea groups is 1. The molecule has 0 spiro atoms. The minimum Gasteiger partial charge on any atom is -0.338 e. The Morgan fingerprint density at radius 2 is 2.14 bits per heavy atom. The SMILES string of the molecule is CC1CCSCCN1C(=O)NCCCN(C)CC(F)(F)F. The smallest absolute Gasteiger partial charge is 0.338 e. The maximum absolute atomic E-state index is 12.1. The largest absolute Gasteiger partial charge is 0.401 e. The predicted molar refractivity (Wildman–Crippen MR) is 79.7 cm³/mol. The summed E-state index contributed by atoms with van der Waals surface area (Å²) in [4.78, 5) is 15.1. The highest BCUT2D eigenvalue weighted by atomic mass is 32.2. The van der Waals surface area contributed by atoms with Gasteiger partial charge < -0.3 is 10.2 Å². The second-order valence-electron chi connectivity index (χ2n) is 5.38. The van der Waals surface area contributed by atoms with Crippen LogP contribution in [0.3, 0.4) is 0 Å². The molecule has 1 aliphatic rings. The number of amides is 2. The Labute approximate surface area is 128 Å². The van der Waals surface area contributed by atoms with E-state index in [1.54, 1.807) is 0 Å². The average molecular weight is 327 g/mol. The minimum absolute atomic E-state index is 0.108. The molecule has 21 heavy (non-hydrogen) atoms. The molecule has 2 amide bonds. The van der Waals surface area contributed by atoms with Gasteiger partial charge in [0.25, 0.3) is 0 Å². The number of alkyl halides is 3. The number of hydrogen-bond donors (Lipinski definition) is 1. The van der Waals surface area contributed by atoms with Crippen molar-refractivity contribution in [3.63, 3.8) is 0 Å². The molecule has 1 N–H and O–H groups in total. The van der Waals surface area contributed by atoms with Crippen molar-refractivity contribution in [3.05, 3.63) is 0 Å². The molecule has 0 aromatic rings. The van der Waals surface area contributed by atoms with Crippen LogP contribution >= 0.6 is 11.8 Å². The Morgan fingerprint density at radius 3 is 2.81 bits per heavy atom. The van der Waals surface area contributed by atoms with Gasteiger partial charge in [0.1, 0.15) is 0 Å². The number of nitrogens with one attached hydrogen (secondary N) is 1. The molecule has 4 nitrogen and oxygen atoms in total. The van der Waals surface area contributed by atoms with Crippen LogP contribution in [0.25, 0.3) is 0 Å².